The van der Waals surface area contributed by atoms with Crippen LogP contribution >= 0.6 is 12.6 Å². The van der Waals surface area contributed by atoms with Gasteiger partial charge in [-0.3, -0.25) is 0 Å². The number of alkyl halides is 1. The molecule has 1 fully saturated rings. The normalized spacial score (nSPS) is 20.1. The number of rotatable bonds is 3. The lowest BCUT2D eigenvalue weighted by atomic mass is 9.91. The minimum absolute atomic E-state index is 0.608. The number of allylic oxidation sites excluding steroid dienone is 1. The molecule has 1 heterocycles. The number of piperidine rings is 1. The van der Waals surface area contributed by atoms with Crippen molar-refractivity contribution in [3.63, 3.8) is 0 Å². The molecule has 1 aliphatic rings. The van der Waals surface area contributed by atoms with Gasteiger partial charge in [0.05, 0.1) is 0 Å². The Bertz CT molecular complexity index is 439. The Morgan fingerprint density at radius 2 is 1.84 bits per heavy atom. The first-order valence-electron chi connectivity index (χ1n) is 6.80. The number of hydrogen-bond acceptors (Lipinski definition) is 2. The lowest BCUT2D eigenvalue weighted by Crippen LogP contribution is -2.33. The summed E-state index contributed by atoms with van der Waals surface area (Å²) in [6, 6.07) is 7.63. The van der Waals surface area contributed by atoms with Crippen LogP contribution in [0.1, 0.15) is 32.3 Å². The van der Waals surface area contributed by atoms with Gasteiger partial charge in [0, 0.05) is 18.8 Å². The molecule has 0 bridgehead atoms. The maximum Gasteiger partial charge on any atom is 0.175 e. The van der Waals surface area contributed by atoms with Crippen LogP contribution < -0.4 is 4.90 Å². The van der Waals surface area contributed by atoms with E-state index in [2.05, 4.69) is 31.0 Å². The van der Waals surface area contributed by atoms with Gasteiger partial charge >= 0.3 is 0 Å². The van der Waals surface area contributed by atoms with Crippen molar-refractivity contribution in [2.75, 3.05) is 18.0 Å². The molecule has 2 rings (SSSR count). The lowest BCUT2D eigenvalue weighted by Gasteiger charge is -2.34. The summed E-state index contributed by atoms with van der Waals surface area (Å²) in [7, 11) is 0. The molecule has 1 aliphatic heterocycles. The Balaban J connectivity index is 2.02. The number of nitrogens with zero attached hydrogens (tertiary/aromatic N) is 1. The van der Waals surface area contributed by atoms with Crippen molar-refractivity contribution < 1.29 is 4.39 Å². The average molecular weight is 279 g/mol. The minimum Gasteiger partial charge on any atom is -0.371 e. The molecule has 1 unspecified atom stereocenters. The first-order valence-corrected chi connectivity index (χ1v) is 7.25. The van der Waals surface area contributed by atoms with Gasteiger partial charge in [-0.2, -0.15) is 0 Å². The zero-order valence-corrected chi connectivity index (χ0v) is 12.6. The number of hydrogen-bond donors (Lipinski definition) is 1. The first kappa shape index (κ1) is 14.4. The molecular weight excluding hydrogens is 257 g/mol. The van der Waals surface area contributed by atoms with E-state index in [0.29, 0.717) is 11.5 Å². The van der Waals surface area contributed by atoms with Crippen LogP contribution in [-0.4, -0.2) is 13.1 Å². The fraction of sp³-hybridized carbons (Fsp3) is 0.500. The molecule has 3 heteroatoms. The van der Waals surface area contributed by atoms with Gasteiger partial charge in [-0.25, -0.2) is 4.39 Å². The molecule has 0 aromatic heterocycles. The van der Waals surface area contributed by atoms with E-state index in [1.807, 2.05) is 24.3 Å². The average Bonchev–Trinajstić information content (AvgIpc) is 2.38. The molecule has 1 aromatic rings. The van der Waals surface area contributed by atoms with E-state index in [4.69, 9.17) is 0 Å². The lowest BCUT2D eigenvalue weighted by molar-refractivity contribution is 0.328. The van der Waals surface area contributed by atoms with E-state index in [9.17, 15) is 4.39 Å². The van der Waals surface area contributed by atoms with Crippen LogP contribution in [0.3, 0.4) is 0 Å². The van der Waals surface area contributed by atoms with Crippen molar-refractivity contribution in [3.05, 3.63) is 42.0 Å². The maximum absolute atomic E-state index is 13.7. The highest BCUT2D eigenvalue weighted by Crippen LogP contribution is 2.32. The van der Waals surface area contributed by atoms with Crippen molar-refractivity contribution in [2.24, 2.45) is 5.92 Å². The fourth-order valence-corrected chi connectivity index (χ4v) is 2.76. The van der Waals surface area contributed by atoms with Crippen molar-refractivity contribution in [1.82, 2.24) is 0 Å². The second kappa shape index (κ2) is 5.58. The molecule has 104 valence electrons. The van der Waals surface area contributed by atoms with Gasteiger partial charge in [0.15, 0.2) is 5.00 Å². The molecule has 1 saturated heterocycles. The summed E-state index contributed by atoms with van der Waals surface area (Å²) in [5.41, 5.74) is 3.07. The zero-order valence-electron chi connectivity index (χ0n) is 11.7. The van der Waals surface area contributed by atoms with Gasteiger partial charge in [-0.15, -0.1) is 12.6 Å². The molecular formula is C16H22FNS. The van der Waals surface area contributed by atoms with E-state index in [1.54, 1.807) is 0 Å². The van der Waals surface area contributed by atoms with Crippen LogP contribution in [0.5, 0.6) is 0 Å². The summed E-state index contributed by atoms with van der Waals surface area (Å²) in [4.78, 5) is 2.36. The van der Waals surface area contributed by atoms with Crippen LogP contribution in [0.25, 0.3) is 0 Å². The Hall–Kier alpha value is -0.960. The highest BCUT2D eigenvalue weighted by molar-refractivity contribution is 7.81. The molecule has 19 heavy (non-hydrogen) atoms. The molecule has 1 nitrogen and oxygen atoms in total. The number of anilines is 1. The first-order chi connectivity index (χ1) is 8.88. The Morgan fingerprint density at radius 3 is 2.26 bits per heavy atom. The Labute approximate surface area is 120 Å². The Kier molecular flexibility index (Phi) is 4.24. The van der Waals surface area contributed by atoms with Gasteiger partial charge in [0.2, 0.25) is 0 Å². The van der Waals surface area contributed by atoms with Crippen molar-refractivity contribution in [3.8, 4) is 0 Å². The van der Waals surface area contributed by atoms with Crippen molar-refractivity contribution in [2.45, 2.75) is 31.7 Å². The van der Waals surface area contributed by atoms with Gasteiger partial charge < -0.3 is 4.90 Å². The van der Waals surface area contributed by atoms with E-state index in [-0.39, 0.29) is 0 Å². The fourth-order valence-electron chi connectivity index (χ4n) is 2.61. The largest absolute Gasteiger partial charge is 0.371 e. The summed E-state index contributed by atoms with van der Waals surface area (Å²) in [5, 5.41) is -1.56. The van der Waals surface area contributed by atoms with E-state index in [0.717, 1.165) is 25.9 Å². The molecule has 1 atom stereocenters. The number of benzene rings is 1. The summed E-state index contributed by atoms with van der Waals surface area (Å²) >= 11 is 3.95. The molecule has 0 spiro atoms. The minimum atomic E-state index is -1.56. The molecule has 1 aromatic carbocycles. The summed E-state index contributed by atoms with van der Waals surface area (Å²) in [6.45, 7) is 9.72. The summed E-state index contributed by atoms with van der Waals surface area (Å²) in [5.74, 6) is 0.655. The smallest absolute Gasteiger partial charge is 0.175 e. The topological polar surface area (TPSA) is 3.24 Å². The van der Waals surface area contributed by atoms with Crippen LogP contribution in [0.15, 0.2) is 36.4 Å². The third-order valence-electron chi connectivity index (χ3n) is 3.95. The van der Waals surface area contributed by atoms with Gasteiger partial charge in [0.1, 0.15) is 0 Å². The van der Waals surface area contributed by atoms with Crippen molar-refractivity contribution in [1.29, 1.82) is 0 Å². The number of thiol groups is 1. The van der Waals surface area contributed by atoms with Gasteiger partial charge in [-0.05, 0) is 50.3 Å². The zero-order chi connectivity index (χ0) is 14.0. The van der Waals surface area contributed by atoms with Crippen LogP contribution in [0.2, 0.25) is 0 Å². The van der Waals surface area contributed by atoms with E-state index in [1.165, 1.54) is 18.2 Å². The molecule has 0 aliphatic carbocycles. The summed E-state index contributed by atoms with van der Waals surface area (Å²) in [6.07, 6.45) is 2.31. The number of halogens is 1. The molecule has 0 saturated carbocycles. The monoisotopic (exact) mass is 279 g/mol. The highest BCUT2D eigenvalue weighted by atomic mass is 32.1. The van der Waals surface area contributed by atoms with Crippen molar-refractivity contribution >= 4 is 18.3 Å². The maximum atomic E-state index is 13.7. The van der Waals surface area contributed by atoms with Gasteiger partial charge in [-0.1, -0.05) is 24.3 Å². The van der Waals surface area contributed by atoms with Gasteiger partial charge in [0.25, 0.3) is 0 Å². The second-order valence-electron chi connectivity index (χ2n) is 5.61. The molecule has 0 radical (unpaired) electrons. The summed E-state index contributed by atoms with van der Waals surface area (Å²) < 4.78 is 13.7. The van der Waals surface area contributed by atoms with E-state index >= 15 is 0 Å². The molecule has 0 N–H and O–H groups in total. The predicted molar refractivity (Wildman–Crippen MR) is 83.6 cm³/mol. The quantitative estimate of drug-likeness (QED) is 0.627. The van der Waals surface area contributed by atoms with Crippen LogP contribution in [0.4, 0.5) is 10.1 Å². The molecule has 0 amide bonds. The van der Waals surface area contributed by atoms with Crippen LogP contribution in [-0.2, 0) is 5.00 Å². The second-order valence-corrected chi connectivity index (χ2v) is 6.45. The predicted octanol–water partition coefficient (Wildman–Crippen LogP) is 4.55. The standard InChI is InChI=1S/C16H22FNS/c1-12(2)13-8-10-18(11-9-13)15-6-4-14(5-7-15)16(3,17)19/h4-7,13,19H,1,8-11H2,2-3H3. The SMILES string of the molecule is C=C(C)C1CCN(c2ccc(C(C)(F)S)cc2)CC1. The van der Waals surface area contributed by atoms with Crippen LogP contribution in [0, 0.1) is 5.92 Å². The van der Waals surface area contributed by atoms with E-state index < -0.39 is 5.00 Å². The Morgan fingerprint density at radius 1 is 1.32 bits per heavy atom. The highest BCUT2D eigenvalue weighted by Gasteiger charge is 2.22. The third kappa shape index (κ3) is 3.53. The third-order valence-corrected chi connectivity index (χ3v) is 4.21.